The van der Waals surface area contributed by atoms with E-state index in [1.807, 2.05) is 6.92 Å². The van der Waals surface area contributed by atoms with Crippen LogP contribution < -0.4 is 16.4 Å². The average molecular weight is 287 g/mol. The van der Waals surface area contributed by atoms with Crippen LogP contribution in [0.2, 0.25) is 0 Å². The topological polar surface area (TPSA) is 108 Å². The molecule has 0 aliphatic carbocycles. The second-order valence-electron chi connectivity index (χ2n) is 4.64. The molecule has 2 aromatic carbocycles. The van der Waals surface area contributed by atoms with Gasteiger partial charge in [-0.15, -0.1) is 0 Å². The maximum Gasteiger partial charge on any atom is 0.316 e. The number of nitrogens with one attached hydrogen (secondary N) is 2. The summed E-state index contributed by atoms with van der Waals surface area (Å²) in [5.74, 6) is 0.0593. The number of hydrogen-bond donors (Lipinski definition) is 5. The Balaban J connectivity index is 2.12. The molecule has 6 N–H and O–H groups in total. The molecule has 6 nitrogen and oxygen atoms in total. The van der Waals surface area contributed by atoms with Crippen molar-refractivity contribution in [1.82, 2.24) is 0 Å². The van der Waals surface area contributed by atoms with Gasteiger partial charge in [0.15, 0.2) is 0 Å². The maximum atomic E-state index is 10.7. The van der Waals surface area contributed by atoms with Gasteiger partial charge in [-0.1, -0.05) is 6.07 Å². The highest BCUT2D eigenvalue weighted by Gasteiger charge is 2.14. The second kappa shape index (κ2) is 6.04. The van der Waals surface area contributed by atoms with Crippen LogP contribution in [0.4, 0.5) is 16.2 Å². The molecule has 0 saturated carbocycles. The van der Waals surface area contributed by atoms with E-state index < -0.39 is 6.03 Å². The van der Waals surface area contributed by atoms with Crippen molar-refractivity contribution in [1.29, 1.82) is 0 Å². The first-order valence-electron chi connectivity index (χ1n) is 6.41. The van der Waals surface area contributed by atoms with Crippen LogP contribution in [0.1, 0.15) is 18.5 Å². The average Bonchev–Trinajstić information content (AvgIpc) is 2.40. The van der Waals surface area contributed by atoms with Crippen molar-refractivity contribution in [3.8, 4) is 11.5 Å². The number of anilines is 2. The maximum absolute atomic E-state index is 10.7. The molecule has 0 spiro atoms. The first-order valence-corrected chi connectivity index (χ1v) is 6.41. The Hall–Kier alpha value is -2.89. The summed E-state index contributed by atoms with van der Waals surface area (Å²) in [4.78, 5) is 10.7. The summed E-state index contributed by atoms with van der Waals surface area (Å²) >= 11 is 0. The predicted octanol–water partition coefficient (Wildman–Crippen LogP) is 2.76. The minimum Gasteiger partial charge on any atom is -0.507 e. The normalized spacial score (nSPS) is 11.7. The van der Waals surface area contributed by atoms with Gasteiger partial charge in [-0.3, -0.25) is 0 Å². The van der Waals surface area contributed by atoms with E-state index in [1.54, 1.807) is 30.3 Å². The zero-order valence-electron chi connectivity index (χ0n) is 11.5. The van der Waals surface area contributed by atoms with Crippen LogP contribution in [-0.4, -0.2) is 16.2 Å². The number of hydrogen-bond acceptors (Lipinski definition) is 4. The number of benzene rings is 2. The number of nitrogens with two attached hydrogens (primary N) is 1. The highest BCUT2D eigenvalue weighted by molar-refractivity contribution is 5.87. The molecule has 0 heterocycles. The number of phenols is 2. The van der Waals surface area contributed by atoms with Gasteiger partial charge >= 0.3 is 6.03 Å². The van der Waals surface area contributed by atoms with Crippen LogP contribution in [-0.2, 0) is 0 Å². The van der Waals surface area contributed by atoms with Crippen molar-refractivity contribution in [2.24, 2.45) is 5.73 Å². The van der Waals surface area contributed by atoms with Gasteiger partial charge in [0.25, 0.3) is 0 Å². The van der Waals surface area contributed by atoms with Crippen molar-refractivity contribution in [2.75, 3.05) is 10.6 Å². The van der Waals surface area contributed by atoms with Gasteiger partial charge in [-0.25, -0.2) is 4.79 Å². The van der Waals surface area contributed by atoms with E-state index in [4.69, 9.17) is 5.73 Å². The minimum absolute atomic E-state index is 0.0296. The minimum atomic E-state index is -0.622. The van der Waals surface area contributed by atoms with Crippen molar-refractivity contribution in [3.05, 3.63) is 48.0 Å². The number of carbonyl (C=O) groups is 1. The zero-order chi connectivity index (χ0) is 15.4. The highest BCUT2D eigenvalue weighted by Crippen LogP contribution is 2.34. The van der Waals surface area contributed by atoms with Crippen LogP contribution >= 0.6 is 0 Å². The lowest BCUT2D eigenvalue weighted by Crippen LogP contribution is -2.19. The van der Waals surface area contributed by atoms with Crippen molar-refractivity contribution in [2.45, 2.75) is 13.0 Å². The summed E-state index contributed by atoms with van der Waals surface area (Å²) in [6.45, 7) is 1.82. The number of aromatic hydroxyl groups is 2. The van der Waals surface area contributed by atoms with Crippen LogP contribution in [0.25, 0.3) is 0 Å². The summed E-state index contributed by atoms with van der Waals surface area (Å²) in [6.07, 6.45) is 0. The molecule has 2 aromatic rings. The molecular weight excluding hydrogens is 270 g/mol. The molecule has 1 atom stereocenters. The first kappa shape index (κ1) is 14.5. The fourth-order valence-corrected chi connectivity index (χ4v) is 2.10. The van der Waals surface area contributed by atoms with E-state index >= 15 is 0 Å². The third-order valence-corrected chi connectivity index (χ3v) is 3.03. The monoisotopic (exact) mass is 287 g/mol. The molecule has 0 saturated heterocycles. The molecule has 2 amide bonds. The molecule has 0 aliphatic heterocycles. The Kier molecular flexibility index (Phi) is 4.18. The van der Waals surface area contributed by atoms with Gasteiger partial charge in [0.05, 0.1) is 11.6 Å². The first-order chi connectivity index (χ1) is 9.97. The Morgan fingerprint density at radius 2 is 1.57 bits per heavy atom. The molecule has 110 valence electrons. The zero-order valence-corrected chi connectivity index (χ0v) is 11.5. The number of urea groups is 1. The van der Waals surface area contributed by atoms with Crippen LogP contribution in [0, 0.1) is 0 Å². The molecule has 0 aliphatic rings. The highest BCUT2D eigenvalue weighted by atomic mass is 16.3. The predicted molar refractivity (Wildman–Crippen MR) is 81.5 cm³/mol. The SMILES string of the molecule is CC(Nc1ccc(NC(N)=O)cc1)c1c(O)cccc1O. The van der Waals surface area contributed by atoms with Crippen molar-refractivity contribution < 1.29 is 15.0 Å². The van der Waals surface area contributed by atoms with E-state index in [1.165, 1.54) is 12.1 Å². The van der Waals surface area contributed by atoms with Gasteiger partial charge in [0.2, 0.25) is 0 Å². The van der Waals surface area contributed by atoms with Gasteiger partial charge < -0.3 is 26.6 Å². The van der Waals surface area contributed by atoms with Gasteiger partial charge in [0.1, 0.15) is 11.5 Å². The fourth-order valence-electron chi connectivity index (χ4n) is 2.10. The van der Waals surface area contributed by atoms with Crippen molar-refractivity contribution in [3.63, 3.8) is 0 Å². The quantitative estimate of drug-likeness (QED) is 0.596. The van der Waals surface area contributed by atoms with Crippen LogP contribution in [0.5, 0.6) is 11.5 Å². The van der Waals surface area contributed by atoms with E-state index in [2.05, 4.69) is 10.6 Å². The molecule has 0 fully saturated rings. The van der Waals surface area contributed by atoms with Crippen LogP contribution in [0.15, 0.2) is 42.5 Å². The lowest BCUT2D eigenvalue weighted by molar-refractivity contribution is 0.259. The summed E-state index contributed by atoms with van der Waals surface area (Å²) in [5, 5.41) is 25.3. The molecule has 0 bridgehead atoms. The third kappa shape index (κ3) is 3.56. The number of rotatable bonds is 4. The smallest absolute Gasteiger partial charge is 0.316 e. The van der Waals surface area contributed by atoms with Gasteiger partial charge in [0, 0.05) is 11.4 Å². The van der Waals surface area contributed by atoms with Crippen molar-refractivity contribution >= 4 is 17.4 Å². The summed E-state index contributed by atoms with van der Waals surface area (Å²) in [6, 6.07) is 10.6. The van der Waals surface area contributed by atoms with E-state index in [0.717, 1.165) is 5.69 Å². The summed E-state index contributed by atoms with van der Waals surface area (Å²) in [5.41, 5.74) is 6.83. The number of primary amides is 1. The standard InChI is InChI=1S/C15H17N3O3/c1-9(14-12(19)3-2-4-13(14)20)17-10-5-7-11(8-6-10)18-15(16)21/h2-9,17,19-20H,1H3,(H3,16,18,21). The largest absolute Gasteiger partial charge is 0.507 e. The molecular formula is C15H17N3O3. The molecule has 0 aromatic heterocycles. The number of phenolic OH excluding ortho intramolecular Hbond substituents is 2. The number of amides is 2. The van der Waals surface area contributed by atoms with E-state index in [9.17, 15) is 15.0 Å². The molecule has 21 heavy (non-hydrogen) atoms. The third-order valence-electron chi connectivity index (χ3n) is 3.03. The van der Waals surface area contributed by atoms with E-state index in [-0.39, 0.29) is 17.5 Å². The van der Waals surface area contributed by atoms with Gasteiger partial charge in [-0.2, -0.15) is 0 Å². The molecule has 0 radical (unpaired) electrons. The second-order valence-corrected chi connectivity index (χ2v) is 4.64. The Bertz CT molecular complexity index is 621. The summed E-state index contributed by atoms with van der Waals surface area (Å²) in [7, 11) is 0. The molecule has 2 rings (SSSR count). The molecule has 6 heteroatoms. The Morgan fingerprint density at radius 1 is 1.05 bits per heavy atom. The molecule has 1 unspecified atom stereocenters. The van der Waals surface area contributed by atoms with E-state index in [0.29, 0.717) is 11.3 Å². The summed E-state index contributed by atoms with van der Waals surface area (Å²) < 4.78 is 0. The lowest BCUT2D eigenvalue weighted by Gasteiger charge is -2.18. The lowest BCUT2D eigenvalue weighted by atomic mass is 10.1. The Labute approximate surface area is 122 Å². The van der Waals surface area contributed by atoms with Crippen LogP contribution in [0.3, 0.4) is 0 Å². The fraction of sp³-hybridized carbons (Fsp3) is 0.133. The Morgan fingerprint density at radius 3 is 2.10 bits per heavy atom. The number of carbonyl (C=O) groups excluding carboxylic acids is 1. The van der Waals surface area contributed by atoms with Gasteiger partial charge in [-0.05, 0) is 43.3 Å².